The number of hydrogen-bond donors (Lipinski definition) is 2. The number of nitrogens with zero attached hydrogens (tertiary/aromatic N) is 1. The lowest BCUT2D eigenvalue weighted by Crippen LogP contribution is -2.45. The van der Waals surface area contributed by atoms with Crippen LogP contribution in [0.5, 0.6) is 0 Å². The summed E-state index contributed by atoms with van der Waals surface area (Å²) in [5, 5.41) is 2.27. The van der Waals surface area contributed by atoms with Crippen molar-refractivity contribution in [3.63, 3.8) is 0 Å². The van der Waals surface area contributed by atoms with Crippen molar-refractivity contribution in [2.24, 2.45) is 5.73 Å². The van der Waals surface area contributed by atoms with Crippen LogP contribution in [0.3, 0.4) is 0 Å². The number of amides is 2. The van der Waals surface area contributed by atoms with Crippen molar-refractivity contribution in [1.82, 2.24) is 10.2 Å². The summed E-state index contributed by atoms with van der Waals surface area (Å²) in [6, 6.07) is -0.274. The van der Waals surface area contributed by atoms with Crippen LogP contribution in [0, 0.1) is 0 Å². The summed E-state index contributed by atoms with van der Waals surface area (Å²) in [4.78, 5) is 24.5. The lowest BCUT2D eigenvalue weighted by Gasteiger charge is -2.27. The van der Waals surface area contributed by atoms with Crippen LogP contribution in [-0.4, -0.2) is 43.4 Å². The number of hydrogen-bond acceptors (Lipinski definition) is 4. The Morgan fingerprint density at radius 2 is 2.00 bits per heavy atom. The molecule has 1 atom stereocenters. The van der Waals surface area contributed by atoms with Gasteiger partial charge < -0.3 is 5.73 Å². The van der Waals surface area contributed by atoms with Crippen LogP contribution in [0.1, 0.15) is 46.5 Å². The molecule has 0 fully saturated rings. The van der Waals surface area contributed by atoms with Gasteiger partial charge in [0.1, 0.15) is 0 Å². The summed E-state index contributed by atoms with van der Waals surface area (Å²) in [5.74, 6) is -0.226. The molecule has 0 aromatic carbocycles. The summed E-state index contributed by atoms with van der Waals surface area (Å²) in [6.07, 6.45) is 7.95. The Morgan fingerprint density at radius 3 is 2.50 bits per heavy atom. The Kier molecular flexibility index (Phi) is 11.3. The fourth-order valence-electron chi connectivity index (χ4n) is 2.44. The van der Waals surface area contributed by atoms with E-state index in [2.05, 4.69) is 25.2 Å². The summed E-state index contributed by atoms with van der Waals surface area (Å²) < 4.78 is 0. The van der Waals surface area contributed by atoms with E-state index < -0.39 is 0 Å². The molecular formula is C17H31N3O2. The zero-order chi connectivity index (χ0) is 17.0. The van der Waals surface area contributed by atoms with E-state index in [-0.39, 0.29) is 11.9 Å². The molecule has 126 valence electrons. The summed E-state index contributed by atoms with van der Waals surface area (Å²) >= 11 is 0. The SMILES string of the molecule is CCCC(C(=O)NC=O)N(C)C/C(CC)=C(\C)C/C=C\CN. The van der Waals surface area contributed by atoms with Crippen molar-refractivity contribution in [3.8, 4) is 0 Å². The lowest BCUT2D eigenvalue weighted by atomic mass is 10.0. The normalized spacial score (nSPS) is 14.1. The second kappa shape index (κ2) is 12.1. The van der Waals surface area contributed by atoms with Crippen LogP contribution in [-0.2, 0) is 9.59 Å². The largest absolute Gasteiger partial charge is 0.327 e. The number of likely N-dealkylation sites (N-methyl/N-ethyl adjacent to an activating group) is 1. The minimum atomic E-state index is -0.274. The van der Waals surface area contributed by atoms with Gasteiger partial charge in [-0.25, -0.2) is 0 Å². The second-order valence-corrected chi connectivity index (χ2v) is 5.49. The van der Waals surface area contributed by atoms with E-state index in [9.17, 15) is 9.59 Å². The van der Waals surface area contributed by atoms with E-state index in [1.807, 2.05) is 24.9 Å². The molecule has 5 nitrogen and oxygen atoms in total. The third-order valence-electron chi connectivity index (χ3n) is 3.80. The minimum Gasteiger partial charge on any atom is -0.327 e. The highest BCUT2D eigenvalue weighted by molar-refractivity contribution is 5.89. The second-order valence-electron chi connectivity index (χ2n) is 5.49. The summed E-state index contributed by atoms with van der Waals surface area (Å²) in [7, 11) is 1.93. The van der Waals surface area contributed by atoms with Gasteiger partial charge in [0.25, 0.3) is 0 Å². The van der Waals surface area contributed by atoms with E-state index in [4.69, 9.17) is 5.73 Å². The molecular weight excluding hydrogens is 278 g/mol. The fourth-order valence-corrected chi connectivity index (χ4v) is 2.44. The quantitative estimate of drug-likeness (QED) is 0.452. The first-order chi connectivity index (χ1) is 10.5. The number of carbonyl (C=O) groups excluding carboxylic acids is 2. The molecule has 1 unspecified atom stereocenters. The minimum absolute atomic E-state index is 0.226. The fraction of sp³-hybridized carbons (Fsp3) is 0.647. The van der Waals surface area contributed by atoms with E-state index in [1.165, 1.54) is 11.1 Å². The van der Waals surface area contributed by atoms with E-state index >= 15 is 0 Å². The van der Waals surface area contributed by atoms with Crippen LogP contribution >= 0.6 is 0 Å². The highest BCUT2D eigenvalue weighted by Gasteiger charge is 2.22. The van der Waals surface area contributed by atoms with Crippen molar-refractivity contribution in [1.29, 1.82) is 0 Å². The smallest absolute Gasteiger partial charge is 0.243 e. The van der Waals surface area contributed by atoms with Gasteiger partial charge in [0, 0.05) is 13.1 Å². The molecule has 0 heterocycles. The van der Waals surface area contributed by atoms with Gasteiger partial charge in [-0.1, -0.05) is 43.6 Å². The van der Waals surface area contributed by atoms with Gasteiger partial charge in [-0.3, -0.25) is 19.8 Å². The predicted octanol–water partition coefficient (Wildman–Crippen LogP) is 1.99. The maximum Gasteiger partial charge on any atom is 0.243 e. The molecule has 5 heteroatoms. The Morgan fingerprint density at radius 1 is 1.32 bits per heavy atom. The third-order valence-corrected chi connectivity index (χ3v) is 3.80. The standard InChI is InChI=1S/C17H31N3O2/c1-5-9-16(17(22)19-13-21)20(4)12-15(6-2)14(3)10-7-8-11-18/h7-8,13,16H,5-6,9-12,18H2,1-4H3,(H,19,21,22)/b8-7-,15-14+. The van der Waals surface area contributed by atoms with Crippen molar-refractivity contribution in [3.05, 3.63) is 23.3 Å². The molecule has 0 aliphatic rings. The molecule has 0 saturated carbocycles. The zero-order valence-electron chi connectivity index (χ0n) is 14.4. The average Bonchev–Trinajstić information content (AvgIpc) is 2.50. The van der Waals surface area contributed by atoms with Gasteiger partial charge in [0.05, 0.1) is 6.04 Å². The number of allylic oxidation sites excluding steroid dienone is 2. The first-order valence-electron chi connectivity index (χ1n) is 7.98. The number of carbonyl (C=O) groups is 2. The molecule has 0 aliphatic heterocycles. The molecule has 0 aromatic rings. The molecule has 0 aromatic heterocycles. The summed E-state index contributed by atoms with van der Waals surface area (Å²) in [6.45, 7) is 7.57. The van der Waals surface area contributed by atoms with E-state index in [0.717, 1.165) is 32.2 Å². The Labute approximate surface area is 134 Å². The number of nitrogens with two attached hydrogens (primary N) is 1. The zero-order valence-corrected chi connectivity index (χ0v) is 14.4. The monoisotopic (exact) mass is 309 g/mol. The van der Waals surface area contributed by atoms with Gasteiger partial charge >= 0.3 is 0 Å². The van der Waals surface area contributed by atoms with Crippen LogP contribution < -0.4 is 11.1 Å². The van der Waals surface area contributed by atoms with Gasteiger partial charge in [-0.2, -0.15) is 0 Å². The Balaban J connectivity index is 4.94. The van der Waals surface area contributed by atoms with E-state index in [1.54, 1.807) is 0 Å². The van der Waals surface area contributed by atoms with Gasteiger partial charge in [-0.15, -0.1) is 0 Å². The van der Waals surface area contributed by atoms with Crippen molar-refractivity contribution in [2.75, 3.05) is 20.1 Å². The summed E-state index contributed by atoms with van der Waals surface area (Å²) in [5.41, 5.74) is 8.09. The first-order valence-corrected chi connectivity index (χ1v) is 7.98. The maximum absolute atomic E-state index is 12.0. The van der Waals surface area contributed by atoms with Crippen molar-refractivity contribution < 1.29 is 9.59 Å². The maximum atomic E-state index is 12.0. The molecule has 0 radical (unpaired) electrons. The van der Waals surface area contributed by atoms with Gasteiger partial charge in [-0.05, 0) is 33.2 Å². The molecule has 2 amide bonds. The first kappa shape index (κ1) is 20.5. The van der Waals surface area contributed by atoms with Crippen LogP contribution in [0.2, 0.25) is 0 Å². The lowest BCUT2D eigenvalue weighted by molar-refractivity contribution is -0.129. The van der Waals surface area contributed by atoms with Crippen LogP contribution in [0.4, 0.5) is 0 Å². The van der Waals surface area contributed by atoms with Crippen molar-refractivity contribution in [2.45, 2.75) is 52.5 Å². The Bertz CT molecular complexity index is 403. The molecule has 0 bridgehead atoms. The molecule has 0 aliphatic carbocycles. The third kappa shape index (κ3) is 7.52. The number of imide groups is 1. The van der Waals surface area contributed by atoms with Gasteiger partial charge in [0.15, 0.2) is 0 Å². The molecule has 3 N–H and O–H groups in total. The Hall–Kier alpha value is -1.46. The topological polar surface area (TPSA) is 75.4 Å². The molecule has 0 rings (SSSR count). The van der Waals surface area contributed by atoms with Crippen LogP contribution in [0.15, 0.2) is 23.3 Å². The number of rotatable bonds is 11. The van der Waals surface area contributed by atoms with E-state index in [0.29, 0.717) is 13.0 Å². The predicted molar refractivity (Wildman–Crippen MR) is 91.3 cm³/mol. The average molecular weight is 309 g/mol. The number of nitrogens with one attached hydrogen (secondary N) is 1. The van der Waals surface area contributed by atoms with Crippen LogP contribution in [0.25, 0.3) is 0 Å². The highest BCUT2D eigenvalue weighted by Crippen LogP contribution is 2.16. The molecule has 22 heavy (non-hydrogen) atoms. The highest BCUT2D eigenvalue weighted by atomic mass is 16.2. The van der Waals surface area contributed by atoms with Gasteiger partial charge in [0.2, 0.25) is 12.3 Å². The molecule has 0 spiro atoms. The van der Waals surface area contributed by atoms with Crippen molar-refractivity contribution >= 4 is 12.3 Å². The molecule has 0 saturated heterocycles.